The second kappa shape index (κ2) is 5.34. The molecule has 1 aliphatic heterocycles. The van der Waals surface area contributed by atoms with Gasteiger partial charge in [0.25, 0.3) is 0 Å². The second-order valence-corrected chi connectivity index (χ2v) is 7.46. The number of hydrogen-bond acceptors (Lipinski definition) is 2. The number of nitrogens with one attached hydrogen (secondary N) is 1. The molecule has 1 aliphatic carbocycles. The van der Waals surface area contributed by atoms with Crippen LogP contribution in [-0.2, 0) is 0 Å². The molecule has 0 aromatic rings. The van der Waals surface area contributed by atoms with Crippen LogP contribution in [0, 0.1) is 0 Å². The van der Waals surface area contributed by atoms with Gasteiger partial charge in [0.2, 0.25) is 0 Å². The average Bonchev–Trinajstić information content (AvgIpc) is 2.24. The molecule has 0 atom stereocenters. The molecule has 18 heavy (non-hydrogen) atoms. The van der Waals surface area contributed by atoms with Crippen LogP contribution in [0.3, 0.4) is 0 Å². The van der Waals surface area contributed by atoms with Crippen LogP contribution < -0.4 is 5.32 Å². The Hall–Kier alpha value is -0.340. The first-order chi connectivity index (χ1) is 8.36. The predicted octanol–water partition coefficient (Wildman–Crippen LogP) is 3.34. The molecule has 0 saturated carbocycles. The van der Waals surface area contributed by atoms with Crippen molar-refractivity contribution >= 4 is 0 Å². The summed E-state index contributed by atoms with van der Waals surface area (Å²) in [4.78, 5) is 2.64. The lowest BCUT2D eigenvalue weighted by Crippen LogP contribution is -2.66. The zero-order chi connectivity index (χ0) is 13.2. The Morgan fingerprint density at radius 1 is 1.11 bits per heavy atom. The SMILES string of the molecule is CC1(C)CN(CCC2=CCCCC2)CC(C)(C)N1. The van der Waals surface area contributed by atoms with Crippen LogP contribution in [-0.4, -0.2) is 35.6 Å². The van der Waals surface area contributed by atoms with Crippen LogP contribution in [0.15, 0.2) is 11.6 Å². The van der Waals surface area contributed by atoms with Gasteiger partial charge in [0.15, 0.2) is 0 Å². The molecule has 2 rings (SSSR count). The van der Waals surface area contributed by atoms with Crippen LogP contribution in [0.4, 0.5) is 0 Å². The van der Waals surface area contributed by atoms with E-state index in [0.29, 0.717) is 0 Å². The van der Waals surface area contributed by atoms with E-state index in [-0.39, 0.29) is 11.1 Å². The van der Waals surface area contributed by atoms with E-state index in [9.17, 15) is 0 Å². The molecule has 104 valence electrons. The number of piperazine rings is 1. The molecule has 0 bridgehead atoms. The van der Waals surface area contributed by atoms with Gasteiger partial charge in [-0.25, -0.2) is 0 Å². The maximum absolute atomic E-state index is 3.74. The van der Waals surface area contributed by atoms with Crippen molar-refractivity contribution in [1.29, 1.82) is 0 Å². The summed E-state index contributed by atoms with van der Waals surface area (Å²) in [5.41, 5.74) is 2.18. The Kier molecular flexibility index (Phi) is 4.18. The number of hydrogen-bond donors (Lipinski definition) is 1. The third-order valence-corrected chi connectivity index (χ3v) is 4.05. The first kappa shape index (κ1) is 14.1. The van der Waals surface area contributed by atoms with E-state index in [4.69, 9.17) is 0 Å². The fourth-order valence-electron chi connectivity index (χ4n) is 3.76. The van der Waals surface area contributed by atoms with Crippen LogP contribution in [0.5, 0.6) is 0 Å². The van der Waals surface area contributed by atoms with Gasteiger partial charge in [-0.2, -0.15) is 0 Å². The highest BCUT2D eigenvalue weighted by Crippen LogP contribution is 2.24. The number of allylic oxidation sites excluding steroid dienone is 1. The maximum Gasteiger partial charge on any atom is 0.0257 e. The van der Waals surface area contributed by atoms with Crippen molar-refractivity contribution in [3.05, 3.63) is 11.6 Å². The normalized spacial score (nSPS) is 27.9. The van der Waals surface area contributed by atoms with E-state index in [1.807, 2.05) is 0 Å². The van der Waals surface area contributed by atoms with E-state index >= 15 is 0 Å². The van der Waals surface area contributed by atoms with Crippen LogP contribution in [0.1, 0.15) is 59.8 Å². The second-order valence-electron chi connectivity index (χ2n) is 7.46. The standard InChI is InChI=1S/C16H30N2/c1-15(2)12-18(13-16(3,4)17-15)11-10-14-8-6-5-7-9-14/h8,17H,5-7,9-13H2,1-4H3. The largest absolute Gasteiger partial charge is 0.304 e. The molecule has 0 radical (unpaired) electrons. The lowest BCUT2D eigenvalue weighted by atomic mass is 9.90. The molecule has 1 heterocycles. The highest BCUT2D eigenvalue weighted by molar-refractivity contribution is 5.06. The van der Waals surface area contributed by atoms with E-state index in [1.165, 1.54) is 51.7 Å². The molecule has 0 unspecified atom stereocenters. The van der Waals surface area contributed by atoms with Gasteiger partial charge >= 0.3 is 0 Å². The van der Waals surface area contributed by atoms with Crippen LogP contribution >= 0.6 is 0 Å². The zero-order valence-corrected chi connectivity index (χ0v) is 12.7. The summed E-state index contributed by atoms with van der Waals surface area (Å²) in [6.07, 6.45) is 9.24. The summed E-state index contributed by atoms with van der Waals surface area (Å²) >= 11 is 0. The number of rotatable bonds is 3. The van der Waals surface area contributed by atoms with Crippen molar-refractivity contribution in [2.45, 2.75) is 70.9 Å². The summed E-state index contributed by atoms with van der Waals surface area (Å²) in [7, 11) is 0. The first-order valence-corrected chi connectivity index (χ1v) is 7.56. The van der Waals surface area contributed by atoms with E-state index in [1.54, 1.807) is 5.57 Å². The maximum atomic E-state index is 3.74. The zero-order valence-electron chi connectivity index (χ0n) is 12.7. The van der Waals surface area contributed by atoms with Crippen LogP contribution in [0.2, 0.25) is 0 Å². The van der Waals surface area contributed by atoms with Crippen molar-refractivity contribution < 1.29 is 0 Å². The quantitative estimate of drug-likeness (QED) is 0.773. The fourth-order valence-corrected chi connectivity index (χ4v) is 3.76. The molecule has 0 aromatic heterocycles. The van der Waals surface area contributed by atoms with Gasteiger partial charge in [-0.1, -0.05) is 11.6 Å². The Balaban J connectivity index is 1.87. The first-order valence-electron chi connectivity index (χ1n) is 7.56. The minimum absolute atomic E-state index is 0.239. The molecule has 1 N–H and O–H groups in total. The highest BCUT2D eigenvalue weighted by atomic mass is 15.3. The van der Waals surface area contributed by atoms with Gasteiger partial charge < -0.3 is 5.32 Å². The summed E-state index contributed by atoms with van der Waals surface area (Å²) in [5, 5.41) is 3.74. The van der Waals surface area contributed by atoms with Crippen molar-refractivity contribution in [3.8, 4) is 0 Å². The topological polar surface area (TPSA) is 15.3 Å². The third-order valence-electron chi connectivity index (χ3n) is 4.05. The van der Waals surface area contributed by atoms with Crippen molar-refractivity contribution in [2.75, 3.05) is 19.6 Å². The Labute approximate surface area is 113 Å². The summed E-state index contributed by atoms with van der Waals surface area (Å²) in [6.45, 7) is 12.9. The lowest BCUT2D eigenvalue weighted by Gasteiger charge is -2.48. The third kappa shape index (κ3) is 4.10. The number of nitrogens with zero attached hydrogens (tertiary/aromatic N) is 1. The van der Waals surface area contributed by atoms with E-state index < -0.39 is 0 Å². The smallest absolute Gasteiger partial charge is 0.0257 e. The fraction of sp³-hybridized carbons (Fsp3) is 0.875. The summed E-state index contributed by atoms with van der Waals surface area (Å²) in [5.74, 6) is 0. The summed E-state index contributed by atoms with van der Waals surface area (Å²) in [6, 6.07) is 0. The molecule has 1 saturated heterocycles. The average molecular weight is 250 g/mol. The summed E-state index contributed by atoms with van der Waals surface area (Å²) < 4.78 is 0. The predicted molar refractivity (Wildman–Crippen MR) is 78.9 cm³/mol. The van der Waals surface area contributed by atoms with Crippen molar-refractivity contribution in [1.82, 2.24) is 10.2 Å². The Morgan fingerprint density at radius 3 is 2.33 bits per heavy atom. The molecular formula is C16H30N2. The van der Waals surface area contributed by atoms with E-state index in [2.05, 4.69) is 44.0 Å². The lowest BCUT2D eigenvalue weighted by molar-refractivity contribution is 0.0789. The molecule has 2 nitrogen and oxygen atoms in total. The highest BCUT2D eigenvalue weighted by Gasteiger charge is 2.35. The molecule has 0 spiro atoms. The monoisotopic (exact) mass is 250 g/mol. The van der Waals surface area contributed by atoms with Gasteiger partial charge in [0.05, 0.1) is 0 Å². The minimum Gasteiger partial charge on any atom is -0.304 e. The van der Waals surface area contributed by atoms with Crippen molar-refractivity contribution in [3.63, 3.8) is 0 Å². The van der Waals surface area contributed by atoms with Gasteiger partial charge in [-0.15, -0.1) is 0 Å². The molecular weight excluding hydrogens is 220 g/mol. The Bertz CT molecular complexity index is 299. The van der Waals surface area contributed by atoms with Gasteiger partial charge in [0.1, 0.15) is 0 Å². The van der Waals surface area contributed by atoms with Gasteiger partial charge in [-0.05, 0) is 59.8 Å². The van der Waals surface area contributed by atoms with Crippen molar-refractivity contribution in [2.24, 2.45) is 0 Å². The van der Waals surface area contributed by atoms with Gasteiger partial charge in [0, 0.05) is 30.7 Å². The molecule has 1 fully saturated rings. The molecule has 0 aromatic carbocycles. The Morgan fingerprint density at radius 2 is 1.78 bits per heavy atom. The van der Waals surface area contributed by atoms with E-state index in [0.717, 1.165) is 0 Å². The minimum atomic E-state index is 0.239. The molecule has 0 amide bonds. The van der Waals surface area contributed by atoms with Gasteiger partial charge in [-0.3, -0.25) is 4.90 Å². The molecule has 2 aliphatic rings. The van der Waals surface area contributed by atoms with Crippen LogP contribution in [0.25, 0.3) is 0 Å². The molecule has 2 heteroatoms.